The number of aliphatic hydroxyl groups is 1. The van der Waals surface area contributed by atoms with Crippen LogP contribution < -0.4 is 10.6 Å². The van der Waals surface area contributed by atoms with Crippen molar-refractivity contribution in [2.75, 3.05) is 6.54 Å². The average Bonchev–Trinajstić information content (AvgIpc) is 3.31. The normalized spacial score (nSPS) is 16.5. The Hall–Kier alpha value is -2.41. The van der Waals surface area contributed by atoms with E-state index in [-0.39, 0.29) is 0 Å². The average molecular weight is 371 g/mol. The highest BCUT2D eigenvalue weighted by Gasteiger charge is 2.16. The van der Waals surface area contributed by atoms with E-state index in [0.717, 1.165) is 23.2 Å². The molecule has 3 rings (SSSR count). The van der Waals surface area contributed by atoms with Crippen LogP contribution >= 0.6 is 0 Å². The SMILES string of the molecule is Cc1nnc(CN=C(NCCC(O)c2ccccc2)NC2CCCC2)n1C. The first-order valence-corrected chi connectivity index (χ1v) is 9.76. The van der Waals surface area contributed by atoms with Crippen molar-refractivity contribution in [3.05, 3.63) is 47.5 Å². The lowest BCUT2D eigenvalue weighted by Gasteiger charge is -2.18. The van der Waals surface area contributed by atoms with E-state index in [0.29, 0.717) is 25.6 Å². The number of hydrogen-bond donors (Lipinski definition) is 3. The highest BCUT2D eigenvalue weighted by Crippen LogP contribution is 2.18. The lowest BCUT2D eigenvalue weighted by Crippen LogP contribution is -2.43. The van der Waals surface area contributed by atoms with Gasteiger partial charge in [-0.1, -0.05) is 43.2 Å². The van der Waals surface area contributed by atoms with Gasteiger partial charge in [0.2, 0.25) is 0 Å². The molecule has 1 fully saturated rings. The first-order chi connectivity index (χ1) is 13.1. The molecule has 0 spiro atoms. The lowest BCUT2D eigenvalue weighted by molar-refractivity contribution is 0.168. The Bertz CT molecular complexity index is 736. The highest BCUT2D eigenvalue weighted by molar-refractivity contribution is 5.80. The molecule has 0 saturated heterocycles. The number of benzene rings is 1. The molecule has 2 aromatic rings. The summed E-state index contributed by atoms with van der Waals surface area (Å²) in [5.41, 5.74) is 0.941. The number of aromatic nitrogens is 3. The third-order valence-corrected chi connectivity index (χ3v) is 5.15. The second-order valence-corrected chi connectivity index (χ2v) is 7.15. The quantitative estimate of drug-likeness (QED) is 0.514. The van der Waals surface area contributed by atoms with Crippen molar-refractivity contribution < 1.29 is 5.11 Å². The maximum Gasteiger partial charge on any atom is 0.191 e. The number of aliphatic hydroxyl groups excluding tert-OH is 1. The summed E-state index contributed by atoms with van der Waals surface area (Å²) in [6.45, 7) is 3.05. The molecule has 1 atom stereocenters. The number of aliphatic imine (C=N–C) groups is 1. The minimum absolute atomic E-state index is 0.469. The van der Waals surface area contributed by atoms with Gasteiger partial charge in [0.25, 0.3) is 0 Å². The van der Waals surface area contributed by atoms with Gasteiger partial charge in [-0.25, -0.2) is 4.99 Å². The number of guanidine groups is 1. The first kappa shape index (κ1) is 19.4. The van der Waals surface area contributed by atoms with Gasteiger partial charge in [-0.3, -0.25) is 0 Å². The van der Waals surface area contributed by atoms with E-state index in [1.54, 1.807) is 0 Å². The molecule has 1 heterocycles. The number of rotatable bonds is 7. The van der Waals surface area contributed by atoms with Crippen molar-refractivity contribution in [1.82, 2.24) is 25.4 Å². The summed E-state index contributed by atoms with van der Waals surface area (Å²) in [7, 11) is 1.95. The fourth-order valence-electron chi connectivity index (χ4n) is 3.32. The molecule has 1 aromatic carbocycles. The van der Waals surface area contributed by atoms with Crippen molar-refractivity contribution in [3.63, 3.8) is 0 Å². The second kappa shape index (κ2) is 9.50. The fraction of sp³-hybridized carbons (Fsp3) is 0.550. The van der Waals surface area contributed by atoms with Crippen LogP contribution in [0, 0.1) is 6.92 Å². The topological polar surface area (TPSA) is 87.4 Å². The molecule has 1 saturated carbocycles. The van der Waals surface area contributed by atoms with Crippen LogP contribution in [-0.2, 0) is 13.6 Å². The van der Waals surface area contributed by atoms with Crippen LogP contribution in [0.15, 0.2) is 35.3 Å². The first-order valence-electron chi connectivity index (χ1n) is 9.76. The molecule has 0 aliphatic heterocycles. The van der Waals surface area contributed by atoms with Crippen LogP contribution in [0.25, 0.3) is 0 Å². The molecule has 0 amide bonds. The zero-order chi connectivity index (χ0) is 19.1. The highest BCUT2D eigenvalue weighted by atomic mass is 16.3. The van der Waals surface area contributed by atoms with Gasteiger partial charge in [0.05, 0.1) is 6.10 Å². The maximum absolute atomic E-state index is 10.3. The Morgan fingerprint density at radius 3 is 2.67 bits per heavy atom. The van der Waals surface area contributed by atoms with Gasteiger partial charge in [-0.15, -0.1) is 10.2 Å². The number of aryl methyl sites for hydroxylation is 1. The summed E-state index contributed by atoms with van der Waals surface area (Å²) >= 11 is 0. The van der Waals surface area contributed by atoms with Gasteiger partial charge < -0.3 is 20.3 Å². The van der Waals surface area contributed by atoms with E-state index in [4.69, 9.17) is 4.99 Å². The smallest absolute Gasteiger partial charge is 0.191 e. The summed E-state index contributed by atoms with van der Waals surface area (Å²) in [6.07, 6.45) is 5.03. The van der Waals surface area contributed by atoms with Crippen LogP contribution in [-0.4, -0.2) is 38.4 Å². The van der Waals surface area contributed by atoms with E-state index in [1.165, 1.54) is 25.7 Å². The molecule has 0 bridgehead atoms. The minimum Gasteiger partial charge on any atom is -0.388 e. The Morgan fingerprint density at radius 2 is 2.00 bits per heavy atom. The predicted molar refractivity (Wildman–Crippen MR) is 106 cm³/mol. The van der Waals surface area contributed by atoms with E-state index in [1.807, 2.05) is 48.9 Å². The zero-order valence-electron chi connectivity index (χ0n) is 16.2. The number of nitrogens with one attached hydrogen (secondary N) is 2. The fourth-order valence-corrected chi connectivity index (χ4v) is 3.32. The van der Waals surface area contributed by atoms with E-state index >= 15 is 0 Å². The van der Waals surface area contributed by atoms with Crippen molar-refractivity contribution in [2.24, 2.45) is 12.0 Å². The lowest BCUT2D eigenvalue weighted by atomic mass is 10.1. The molecule has 3 N–H and O–H groups in total. The third-order valence-electron chi connectivity index (χ3n) is 5.15. The maximum atomic E-state index is 10.3. The molecule has 1 aliphatic rings. The Balaban J connectivity index is 1.57. The second-order valence-electron chi connectivity index (χ2n) is 7.15. The Labute approximate surface area is 160 Å². The van der Waals surface area contributed by atoms with E-state index in [2.05, 4.69) is 20.8 Å². The van der Waals surface area contributed by atoms with Crippen LogP contribution in [0.1, 0.15) is 55.4 Å². The summed E-state index contributed by atoms with van der Waals surface area (Å²) in [4.78, 5) is 4.69. The molecular weight excluding hydrogens is 340 g/mol. The molecule has 7 nitrogen and oxygen atoms in total. The molecule has 0 radical (unpaired) electrons. The van der Waals surface area contributed by atoms with Crippen molar-refractivity contribution >= 4 is 5.96 Å². The monoisotopic (exact) mass is 370 g/mol. The Kier molecular flexibility index (Phi) is 6.81. The molecule has 146 valence electrons. The third kappa shape index (κ3) is 5.53. The van der Waals surface area contributed by atoms with Gasteiger partial charge in [0.1, 0.15) is 12.4 Å². The largest absolute Gasteiger partial charge is 0.388 e. The molecule has 1 unspecified atom stereocenters. The molecular formula is C20H30N6O. The standard InChI is InChI=1S/C20H30N6O/c1-15-24-25-19(26(15)2)14-22-20(23-17-10-6-7-11-17)21-13-12-18(27)16-8-4-3-5-9-16/h3-5,8-9,17-18,27H,6-7,10-14H2,1-2H3,(H2,21,22,23). The molecule has 1 aliphatic carbocycles. The summed E-state index contributed by atoms with van der Waals surface area (Å²) in [5, 5.41) is 25.5. The van der Waals surface area contributed by atoms with Crippen LogP contribution in [0.2, 0.25) is 0 Å². The van der Waals surface area contributed by atoms with E-state index < -0.39 is 6.10 Å². The minimum atomic E-state index is -0.479. The molecule has 7 heteroatoms. The van der Waals surface area contributed by atoms with Gasteiger partial charge in [0, 0.05) is 19.6 Å². The van der Waals surface area contributed by atoms with Crippen molar-refractivity contribution in [1.29, 1.82) is 0 Å². The molecule has 1 aromatic heterocycles. The van der Waals surface area contributed by atoms with Gasteiger partial charge >= 0.3 is 0 Å². The van der Waals surface area contributed by atoms with Crippen LogP contribution in [0.4, 0.5) is 0 Å². The van der Waals surface area contributed by atoms with Crippen molar-refractivity contribution in [2.45, 2.75) is 57.7 Å². The van der Waals surface area contributed by atoms with E-state index in [9.17, 15) is 5.11 Å². The summed E-state index contributed by atoms with van der Waals surface area (Å²) in [5.74, 6) is 2.50. The summed E-state index contributed by atoms with van der Waals surface area (Å²) in [6, 6.07) is 10.2. The number of nitrogens with zero attached hydrogens (tertiary/aromatic N) is 4. The van der Waals surface area contributed by atoms with Gasteiger partial charge in [0.15, 0.2) is 11.8 Å². The predicted octanol–water partition coefficient (Wildman–Crippen LogP) is 2.23. The number of hydrogen-bond acceptors (Lipinski definition) is 4. The van der Waals surface area contributed by atoms with Crippen LogP contribution in [0.3, 0.4) is 0 Å². The van der Waals surface area contributed by atoms with Gasteiger partial charge in [-0.05, 0) is 31.7 Å². The van der Waals surface area contributed by atoms with Crippen molar-refractivity contribution in [3.8, 4) is 0 Å². The molecule has 27 heavy (non-hydrogen) atoms. The summed E-state index contributed by atoms with van der Waals surface area (Å²) < 4.78 is 1.95. The van der Waals surface area contributed by atoms with Gasteiger partial charge in [-0.2, -0.15) is 0 Å². The Morgan fingerprint density at radius 1 is 1.26 bits per heavy atom. The zero-order valence-corrected chi connectivity index (χ0v) is 16.2. The van der Waals surface area contributed by atoms with Crippen LogP contribution in [0.5, 0.6) is 0 Å².